The number of unbranched alkanes of at least 4 members (excludes halogenated alkanes) is 11. The van der Waals surface area contributed by atoms with Crippen molar-refractivity contribution in [3.05, 3.63) is 70.8 Å². The number of anilines is 1. The van der Waals surface area contributed by atoms with Gasteiger partial charge in [0.1, 0.15) is 5.75 Å². The summed E-state index contributed by atoms with van der Waals surface area (Å²) in [6, 6.07) is 15.6. The molecule has 0 bridgehead atoms. The first kappa shape index (κ1) is 32.3. The van der Waals surface area contributed by atoms with Crippen molar-refractivity contribution in [2.75, 3.05) is 17.8 Å². The van der Waals surface area contributed by atoms with Crippen LogP contribution in [-0.2, 0) is 6.54 Å². The normalized spacial score (nSPS) is 12.7. The molecule has 0 atom stereocenters. The van der Waals surface area contributed by atoms with Crippen LogP contribution >= 0.6 is 28.7 Å². The lowest BCUT2D eigenvalue weighted by atomic mass is 10.1. The minimum Gasteiger partial charge on any atom is -0.491 e. The van der Waals surface area contributed by atoms with Crippen LogP contribution in [0, 0.1) is 0 Å². The maximum absolute atomic E-state index is 13.2. The summed E-state index contributed by atoms with van der Waals surface area (Å²) in [5, 5.41) is 3.09. The van der Waals surface area contributed by atoms with Crippen LogP contribution in [-0.4, -0.2) is 23.3 Å². The molecule has 1 N–H and O–H groups in total. The number of thioether (sulfide) groups is 1. The third kappa shape index (κ3) is 11.9. The Balaban J connectivity index is 0.00000507. The van der Waals surface area contributed by atoms with Crippen LogP contribution < -0.4 is 10.1 Å². The average Bonchev–Trinajstić information content (AvgIpc) is 3.32. The summed E-state index contributed by atoms with van der Waals surface area (Å²) >= 11 is 1.83. The van der Waals surface area contributed by atoms with Crippen molar-refractivity contribution in [1.29, 1.82) is 0 Å². The smallest absolute Gasteiger partial charge is 0.256 e. The molecule has 0 aliphatic carbocycles. The molecule has 1 aliphatic heterocycles. The van der Waals surface area contributed by atoms with Gasteiger partial charge in [-0.3, -0.25) is 4.79 Å². The molecule has 2 aromatic rings. The Morgan fingerprint density at radius 2 is 1.47 bits per heavy atom. The van der Waals surface area contributed by atoms with Crippen LogP contribution in [0.15, 0.2) is 59.6 Å². The van der Waals surface area contributed by atoms with E-state index >= 15 is 0 Å². The number of hydrogen-bond donors (Lipinski definition) is 1. The fourth-order valence-electron chi connectivity index (χ4n) is 4.72. The molecule has 1 aliphatic rings. The fraction of sp³-hybridized carbons (Fsp3) is 0.531. The zero-order valence-corrected chi connectivity index (χ0v) is 25.9. The Morgan fingerprint density at radius 1 is 0.868 bits per heavy atom. The van der Waals surface area contributed by atoms with Gasteiger partial charge in [0.25, 0.3) is 5.91 Å². The monoisotopic (exact) mass is 602 g/mol. The third-order valence-corrected chi connectivity index (χ3v) is 7.87. The highest BCUT2D eigenvalue weighted by molar-refractivity contribution is 8.93. The molecule has 0 unspecified atom stereocenters. The maximum atomic E-state index is 13.2. The summed E-state index contributed by atoms with van der Waals surface area (Å²) in [4.78, 5) is 16.8. The number of hydrogen-bond acceptors (Lipinski definition) is 4. The number of amides is 1. The topological polar surface area (TPSA) is 41.6 Å². The van der Waals surface area contributed by atoms with E-state index in [1.165, 1.54) is 75.5 Å². The van der Waals surface area contributed by atoms with Gasteiger partial charge in [0, 0.05) is 18.3 Å². The molecule has 2 aromatic carbocycles. The van der Waals surface area contributed by atoms with E-state index in [1.54, 1.807) is 0 Å². The largest absolute Gasteiger partial charge is 0.491 e. The summed E-state index contributed by atoms with van der Waals surface area (Å²) in [6.07, 6.45) is 18.1. The summed E-state index contributed by atoms with van der Waals surface area (Å²) in [5.74, 6) is 1.58. The zero-order valence-electron chi connectivity index (χ0n) is 23.4. The van der Waals surface area contributed by atoms with Crippen LogP contribution in [0.1, 0.15) is 107 Å². The van der Waals surface area contributed by atoms with E-state index in [-0.39, 0.29) is 22.9 Å². The van der Waals surface area contributed by atoms with Crippen molar-refractivity contribution in [2.45, 2.75) is 97.4 Å². The molecule has 1 heterocycles. The molecule has 0 saturated heterocycles. The van der Waals surface area contributed by atoms with E-state index in [0.29, 0.717) is 12.2 Å². The number of rotatable bonds is 18. The second-order valence-electron chi connectivity index (χ2n) is 10.1. The standard InChI is InChI=1S/C32H46N2O2S.BrH/c1-3-4-5-6-7-8-9-10-11-12-13-18-23-36-31-22-17-16-21-30(31)33-32(35)29-20-15-14-19-28(29)25-34-24-27(2)37-26-34;/h14-17,19-22,24H,3-13,18,23,25-26H2,1-2H3,(H,33,35);1H. The van der Waals surface area contributed by atoms with Crippen molar-refractivity contribution in [2.24, 2.45) is 0 Å². The Hall–Kier alpha value is -1.92. The van der Waals surface area contributed by atoms with E-state index in [4.69, 9.17) is 4.74 Å². The van der Waals surface area contributed by atoms with Crippen molar-refractivity contribution in [3.8, 4) is 5.75 Å². The van der Waals surface area contributed by atoms with Crippen LogP contribution in [0.25, 0.3) is 0 Å². The number of halogens is 1. The van der Waals surface area contributed by atoms with Gasteiger partial charge in [-0.15, -0.1) is 28.7 Å². The molecule has 0 saturated carbocycles. The van der Waals surface area contributed by atoms with E-state index < -0.39 is 0 Å². The lowest BCUT2D eigenvalue weighted by Crippen LogP contribution is -2.19. The third-order valence-electron chi connectivity index (χ3n) is 6.85. The number of para-hydroxylation sites is 2. The zero-order chi connectivity index (χ0) is 26.1. The van der Waals surface area contributed by atoms with E-state index in [1.807, 2.05) is 60.3 Å². The van der Waals surface area contributed by atoms with Gasteiger partial charge in [0.15, 0.2) is 0 Å². The first-order valence-electron chi connectivity index (χ1n) is 14.3. The predicted molar refractivity (Wildman–Crippen MR) is 169 cm³/mol. The van der Waals surface area contributed by atoms with E-state index in [9.17, 15) is 4.79 Å². The summed E-state index contributed by atoms with van der Waals surface area (Å²) in [6.45, 7) is 5.80. The summed E-state index contributed by atoms with van der Waals surface area (Å²) in [5.41, 5.74) is 2.47. The number of carbonyl (C=O) groups is 1. The molecule has 0 radical (unpaired) electrons. The molecule has 0 spiro atoms. The van der Waals surface area contributed by atoms with Crippen LogP contribution in [0.4, 0.5) is 5.69 Å². The number of allylic oxidation sites excluding steroid dienone is 1. The molecule has 3 rings (SSSR count). The van der Waals surface area contributed by atoms with Crippen molar-refractivity contribution in [1.82, 2.24) is 4.90 Å². The Kier molecular flexibility index (Phi) is 16.3. The molecule has 210 valence electrons. The second kappa shape index (κ2) is 19.2. The van der Waals surface area contributed by atoms with Crippen LogP contribution in [0.2, 0.25) is 0 Å². The fourth-order valence-corrected chi connectivity index (χ4v) is 5.48. The SMILES string of the molecule is Br.CCCCCCCCCCCCCCOc1ccccc1NC(=O)c1ccccc1CN1C=C(C)SC1. The van der Waals surface area contributed by atoms with Crippen molar-refractivity contribution in [3.63, 3.8) is 0 Å². The number of benzene rings is 2. The lowest BCUT2D eigenvalue weighted by molar-refractivity contribution is 0.102. The van der Waals surface area contributed by atoms with Gasteiger partial charge in [-0.05, 0) is 42.0 Å². The predicted octanol–water partition coefficient (Wildman–Crippen LogP) is 9.96. The average molecular weight is 604 g/mol. The van der Waals surface area contributed by atoms with Crippen LogP contribution in [0.3, 0.4) is 0 Å². The van der Waals surface area contributed by atoms with E-state index in [0.717, 1.165) is 35.8 Å². The van der Waals surface area contributed by atoms with E-state index in [2.05, 4.69) is 30.3 Å². The highest BCUT2D eigenvalue weighted by Gasteiger charge is 2.17. The van der Waals surface area contributed by atoms with Gasteiger partial charge in [0.2, 0.25) is 0 Å². The summed E-state index contributed by atoms with van der Waals surface area (Å²) < 4.78 is 6.08. The molecule has 0 aromatic heterocycles. The number of carbonyl (C=O) groups excluding carboxylic acids is 1. The first-order chi connectivity index (χ1) is 18.2. The first-order valence-corrected chi connectivity index (χ1v) is 15.3. The molecule has 1 amide bonds. The highest BCUT2D eigenvalue weighted by Crippen LogP contribution is 2.28. The highest BCUT2D eigenvalue weighted by atomic mass is 79.9. The second-order valence-corrected chi connectivity index (χ2v) is 11.3. The van der Waals surface area contributed by atoms with Crippen molar-refractivity contribution < 1.29 is 9.53 Å². The molecule has 4 nitrogen and oxygen atoms in total. The quantitative estimate of drug-likeness (QED) is 0.172. The number of nitrogens with one attached hydrogen (secondary N) is 1. The number of ether oxygens (including phenoxy) is 1. The molecular weight excluding hydrogens is 556 g/mol. The minimum atomic E-state index is -0.0930. The Bertz CT molecular complexity index is 981. The van der Waals surface area contributed by atoms with Gasteiger partial charge < -0.3 is 15.0 Å². The van der Waals surface area contributed by atoms with Gasteiger partial charge in [0.05, 0.1) is 18.2 Å². The van der Waals surface area contributed by atoms with Gasteiger partial charge in [-0.25, -0.2) is 0 Å². The lowest BCUT2D eigenvalue weighted by Gasteiger charge is -2.18. The summed E-state index contributed by atoms with van der Waals surface area (Å²) in [7, 11) is 0. The maximum Gasteiger partial charge on any atom is 0.256 e. The molecule has 38 heavy (non-hydrogen) atoms. The Morgan fingerprint density at radius 3 is 2.13 bits per heavy atom. The molecule has 6 heteroatoms. The van der Waals surface area contributed by atoms with Gasteiger partial charge in [-0.1, -0.05) is 108 Å². The van der Waals surface area contributed by atoms with Gasteiger partial charge in [-0.2, -0.15) is 0 Å². The molecular formula is C32H47BrN2O2S. The van der Waals surface area contributed by atoms with Crippen molar-refractivity contribution >= 4 is 40.3 Å². The van der Waals surface area contributed by atoms with Gasteiger partial charge >= 0.3 is 0 Å². The molecule has 0 fully saturated rings. The number of nitrogens with zero attached hydrogens (tertiary/aromatic N) is 1. The van der Waals surface area contributed by atoms with Crippen LogP contribution in [0.5, 0.6) is 5.75 Å². The Labute approximate surface area is 245 Å². The minimum absolute atomic E-state index is 0.